The van der Waals surface area contributed by atoms with Crippen LogP contribution in [0.15, 0.2) is 60.1 Å². The van der Waals surface area contributed by atoms with E-state index in [0.29, 0.717) is 0 Å². The SMILES string of the molecule is CCCCCCN1C(=NCCCn2ccnc2)c2cccc3cccc1c23. The van der Waals surface area contributed by atoms with Crippen LogP contribution in [0.4, 0.5) is 5.69 Å². The maximum atomic E-state index is 5.05. The second-order valence-electron chi connectivity index (χ2n) is 7.25. The van der Waals surface area contributed by atoms with Crippen LogP contribution in [-0.2, 0) is 6.54 Å². The second kappa shape index (κ2) is 8.38. The van der Waals surface area contributed by atoms with E-state index in [1.807, 2.05) is 18.7 Å². The molecule has 2 aromatic carbocycles. The number of nitrogens with zero attached hydrogens (tertiary/aromatic N) is 4. The van der Waals surface area contributed by atoms with Gasteiger partial charge < -0.3 is 9.47 Å². The Labute approximate surface area is 161 Å². The number of hydrogen-bond acceptors (Lipinski definition) is 2. The number of amidine groups is 1. The minimum absolute atomic E-state index is 0.837. The largest absolute Gasteiger partial charge is 0.337 e. The molecule has 0 saturated heterocycles. The lowest BCUT2D eigenvalue weighted by Crippen LogP contribution is -2.29. The lowest BCUT2D eigenvalue weighted by molar-refractivity contribution is 0.649. The Balaban J connectivity index is 1.55. The van der Waals surface area contributed by atoms with Gasteiger partial charge in [-0.25, -0.2) is 4.98 Å². The first-order chi connectivity index (χ1) is 13.4. The van der Waals surface area contributed by atoms with Crippen molar-refractivity contribution in [3.05, 3.63) is 60.7 Å². The molecule has 0 unspecified atom stereocenters. The van der Waals surface area contributed by atoms with Crippen molar-refractivity contribution >= 4 is 22.3 Å². The lowest BCUT2D eigenvalue weighted by atomic mass is 10.1. The summed E-state index contributed by atoms with van der Waals surface area (Å²) in [7, 11) is 0. The highest BCUT2D eigenvalue weighted by atomic mass is 15.2. The van der Waals surface area contributed by atoms with Crippen LogP contribution in [0.25, 0.3) is 10.8 Å². The molecule has 0 amide bonds. The summed E-state index contributed by atoms with van der Waals surface area (Å²) in [5, 5.41) is 2.68. The summed E-state index contributed by atoms with van der Waals surface area (Å²) in [5.74, 6) is 1.16. The van der Waals surface area contributed by atoms with Crippen LogP contribution in [0.3, 0.4) is 0 Å². The number of benzene rings is 2. The number of aliphatic imine (C=N–C) groups is 1. The average molecular weight is 361 g/mol. The Hall–Kier alpha value is -2.62. The third-order valence-corrected chi connectivity index (χ3v) is 5.30. The van der Waals surface area contributed by atoms with E-state index in [0.717, 1.165) is 31.9 Å². The average Bonchev–Trinajstić information content (AvgIpc) is 3.31. The van der Waals surface area contributed by atoms with E-state index in [4.69, 9.17) is 4.99 Å². The topological polar surface area (TPSA) is 33.4 Å². The Kier molecular flexibility index (Phi) is 5.52. The van der Waals surface area contributed by atoms with Gasteiger partial charge in [-0.3, -0.25) is 4.99 Å². The lowest BCUT2D eigenvalue weighted by Gasteiger charge is -2.21. The number of rotatable bonds is 9. The van der Waals surface area contributed by atoms with Crippen molar-refractivity contribution in [2.75, 3.05) is 18.0 Å². The van der Waals surface area contributed by atoms with Gasteiger partial charge in [0.15, 0.2) is 0 Å². The molecule has 2 heterocycles. The number of anilines is 1. The molecule has 0 aliphatic carbocycles. The van der Waals surface area contributed by atoms with E-state index in [9.17, 15) is 0 Å². The van der Waals surface area contributed by atoms with E-state index in [1.54, 1.807) is 0 Å². The van der Waals surface area contributed by atoms with Crippen LogP contribution < -0.4 is 4.90 Å². The van der Waals surface area contributed by atoms with E-state index >= 15 is 0 Å². The predicted octanol–water partition coefficient (Wildman–Crippen LogP) is 5.27. The molecule has 0 bridgehead atoms. The van der Waals surface area contributed by atoms with E-state index < -0.39 is 0 Å². The van der Waals surface area contributed by atoms with Gasteiger partial charge >= 0.3 is 0 Å². The number of unbranched alkanes of at least 4 members (excludes halogenated alkanes) is 3. The Bertz CT molecular complexity index is 906. The summed E-state index contributed by atoms with van der Waals surface area (Å²) in [6, 6.07) is 13.2. The van der Waals surface area contributed by atoms with Crippen molar-refractivity contribution in [1.82, 2.24) is 9.55 Å². The molecule has 0 fully saturated rings. The molecule has 0 radical (unpaired) electrons. The fourth-order valence-corrected chi connectivity index (χ4v) is 3.94. The van der Waals surface area contributed by atoms with Gasteiger partial charge in [-0.05, 0) is 24.3 Å². The van der Waals surface area contributed by atoms with Gasteiger partial charge in [0.25, 0.3) is 0 Å². The quantitative estimate of drug-likeness (QED) is 0.487. The Morgan fingerprint density at radius 2 is 1.85 bits per heavy atom. The van der Waals surface area contributed by atoms with Crippen molar-refractivity contribution in [3.63, 3.8) is 0 Å². The zero-order valence-electron chi connectivity index (χ0n) is 16.1. The summed E-state index contributed by atoms with van der Waals surface area (Å²) < 4.78 is 2.12. The molecule has 4 nitrogen and oxygen atoms in total. The zero-order valence-corrected chi connectivity index (χ0v) is 16.1. The van der Waals surface area contributed by atoms with Crippen molar-refractivity contribution in [2.45, 2.75) is 45.6 Å². The molecule has 1 aliphatic rings. The van der Waals surface area contributed by atoms with Gasteiger partial charge in [0.1, 0.15) is 5.84 Å². The van der Waals surface area contributed by atoms with Crippen molar-refractivity contribution < 1.29 is 0 Å². The van der Waals surface area contributed by atoms with Gasteiger partial charge in [0.2, 0.25) is 0 Å². The summed E-state index contributed by atoms with van der Waals surface area (Å²) in [5.41, 5.74) is 2.62. The van der Waals surface area contributed by atoms with Crippen LogP contribution in [0.5, 0.6) is 0 Å². The van der Waals surface area contributed by atoms with Gasteiger partial charge in [-0.2, -0.15) is 0 Å². The second-order valence-corrected chi connectivity index (χ2v) is 7.25. The summed E-state index contributed by atoms with van der Waals surface area (Å²) in [6.45, 7) is 5.11. The number of imidazole rings is 1. The maximum absolute atomic E-state index is 5.05. The first kappa shape index (κ1) is 17.8. The van der Waals surface area contributed by atoms with E-state index in [1.165, 1.54) is 47.7 Å². The van der Waals surface area contributed by atoms with Gasteiger partial charge in [-0.1, -0.05) is 56.5 Å². The van der Waals surface area contributed by atoms with Crippen molar-refractivity contribution in [3.8, 4) is 0 Å². The highest BCUT2D eigenvalue weighted by Crippen LogP contribution is 2.37. The number of hydrogen-bond donors (Lipinski definition) is 0. The fraction of sp³-hybridized carbons (Fsp3) is 0.391. The molecular formula is C23H28N4. The summed E-state index contributed by atoms with van der Waals surface area (Å²) >= 11 is 0. The van der Waals surface area contributed by atoms with Crippen LogP contribution in [0, 0.1) is 0 Å². The van der Waals surface area contributed by atoms with E-state index in [2.05, 4.69) is 57.8 Å². The third kappa shape index (κ3) is 3.75. The monoisotopic (exact) mass is 360 g/mol. The molecule has 0 saturated carbocycles. The summed E-state index contributed by atoms with van der Waals surface area (Å²) in [4.78, 5) is 11.6. The molecule has 3 aromatic rings. The normalized spacial score (nSPS) is 14.6. The standard InChI is InChI=1S/C23H28N4/c1-2-3-4-5-16-27-21-12-7-10-19-9-6-11-20(22(19)21)23(27)25-13-8-15-26-17-14-24-18-26/h6-7,9-12,14,17-18H,2-5,8,13,15-16H2,1H3. The van der Waals surface area contributed by atoms with Crippen LogP contribution in [-0.4, -0.2) is 28.5 Å². The zero-order chi connectivity index (χ0) is 18.5. The molecule has 27 heavy (non-hydrogen) atoms. The summed E-state index contributed by atoms with van der Waals surface area (Å²) in [6.07, 6.45) is 11.8. The highest BCUT2D eigenvalue weighted by molar-refractivity contribution is 6.27. The molecule has 0 atom stereocenters. The van der Waals surface area contributed by atoms with Crippen molar-refractivity contribution in [1.29, 1.82) is 0 Å². The molecule has 4 heteroatoms. The number of aryl methyl sites for hydroxylation is 1. The first-order valence-electron chi connectivity index (χ1n) is 10.2. The molecule has 1 aromatic heterocycles. The molecule has 4 rings (SSSR count). The smallest absolute Gasteiger partial charge is 0.136 e. The maximum Gasteiger partial charge on any atom is 0.136 e. The fourth-order valence-electron chi connectivity index (χ4n) is 3.94. The van der Waals surface area contributed by atoms with Gasteiger partial charge in [0, 0.05) is 43.0 Å². The number of aromatic nitrogens is 2. The van der Waals surface area contributed by atoms with Crippen LogP contribution >= 0.6 is 0 Å². The van der Waals surface area contributed by atoms with Crippen LogP contribution in [0.2, 0.25) is 0 Å². The molecule has 1 aliphatic heterocycles. The van der Waals surface area contributed by atoms with Gasteiger partial charge in [0.05, 0.1) is 12.0 Å². The Morgan fingerprint density at radius 1 is 0.963 bits per heavy atom. The van der Waals surface area contributed by atoms with E-state index in [-0.39, 0.29) is 0 Å². The minimum Gasteiger partial charge on any atom is -0.337 e. The van der Waals surface area contributed by atoms with Crippen molar-refractivity contribution in [2.24, 2.45) is 4.99 Å². The molecule has 140 valence electrons. The molecule has 0 spiro atoms. The first-order valence-corrected chi connectivity index (χ1v) is 10.2. The predicted molar refractivity (Wildman–Crippen MR) is 114 cm³/mol. The van der Waals surface area contributed by atoms with Crippen LogP contribution in [0.1, 0.15) is 44.6 Å². The Morgan fingerprint density at radius 3 is 2.67 bits per heavy atom. The third-order valence-electron chi connectivity index (χ3n) is 5.30. The van der Waals surface area contributed by atoms with Gasteiger partial charge in [-0.15, -0.1) is 0 Å². The molecule has 0 N–H and O–H groups in total. The highest BCUT2D eigenvalue weighted by Gasteiger charge is 2.27. The molecular weight excluding hydrogens is 332 g/mol. The minimum atomic E-state index is 0.837.